The first-order valence-electron chi connectivity index (χ1n) is 7.12. The summed E-state index contributed by atoms with van der Waals surface area (Å²) in [5.74, 6) is 1.91. The van der Waals surface area contributed by atoms with Crippen molar-refractivity contribution < 1.29 is 0 Å². The number of rotatable bonds is 4. The molecule has 1 unspecified atom stereocenters. The third-order valence-corrected chi connectivity index (χ3v) is 4.36. The Morgan fingerprint density at radius 3 is 2.07 bits per heavy atom. The minimum atomic E-state index is 0.517. The largest absolute Gasteiger partial charge is 0.327 e. The first kappa shape index (κ1) is 11.4. The van der Waals surface area contributed by atoms with Gasteiger partial charge in [-0.2, -0.15) is 0 Å². The Balaban J connectivity index is 1.67. The van der Waals surface area contributed by atoms with Gasteiger partial charge in [0.2, 0.25) is 0 Å². The van der Waals surface area contributed by atoms with Crippen LogP contribution in [0.2, 0.25) is 0 Å². The Labute approximate surface area is 94.8 Å². The van der Waals surface area contributed by atoms with Crippen molar-refractivity contribution in [1.82, 2.24) is 0 Å². The molecular formula is C14H27N. The lowest BCUT2D eigenvalue weighted by molar-refractivity contribution is 0.307. The Bertz CT molecular complexity index is 166. The highest BCUT2D eigenvalue weighted by atomic mass is 14.6. The summed E-state index contributed by atoms with van der Waals surface area (Å²) in [6.45, 7) is 0. The molecule has 0 amide bonds. The quantitative estimate of drug-likeness (QED) is 0.747. The zero-order valence-electron chi connectivity index (χ0n) is 10.1. The van der Waals surface area contributed by atoms with Gasteiger partial charge in [-0.25, -0.2) is 0 Å². The van der Waals surface area contributed by atoms with E-state index in [9.17, 15) is 0 Å². The normalized spacial score (nSPS) is 27.0. The number of hydrogen-bond acceptors (Lipinski definition) is 1. The molecule has 15 heavy (non-hydrogen) atoms. The Hall–Kier alpha value is -0.0400. The predicted molar refractivity (Wildman–Crippen MR) is 65.7 cm³/mol. The topological polar surface area (TPSA) is 26.0 Å². The van der Waals surface area contributed by atoms with Crippen LogP contribution in [-0.2, 0) is 0 Å². The molecule has 2 rings (SSSR count). The zero-order valence-corrected chi connectivity index (χ0v) is 10.1. The fraction of sp³-hybridized carbons (Fsp3) is 1.00. The van der Waals surface area contributed by atoms with Crippen molar-refractivity contribution in [1.29, 1.82) is 0 Å². The van der Waals surface area contributed by atoms with Crippen LogP contribution in [0.15, 0.2) is 0 Å². The van der Waals surface area contributed by atoms with E-state index in [0.29, 0.717) is 6.04 Å². The van der Waals surface area contributed by atoms with Gasteiger partial charge in [0.05, 0.1) is 0 Å². The summed E-state index contributed by atoms with van der Waals surface area (Å²) in [7, 11) is 0. The van der Waals surface area contributed by atoms with Gasteiger partial charge >= 0.3 is 0 Å². The maximum absolute atomic E-state index is 6.34. The molecule has 0 spiro atoms. The second kappa shape index (κ2) is 5.89. The average molecular weight is 209 g/mol. The lowest BCUT2D eigenvalue weighted by atomic mass is 9.84. The van der Waals surface area contributed by atoms with E-state index >= 15 is 0 Å². The Morgan fingerprint density at radius 1 is 0.867 bits per heavy atom. The van der Waals surface area contributed by atoms with Crippen molar-refractivity contribution in [2.24, 2.45) is 17.6 Å². The number of nitrogens with two attached hydrogens (primary N) is 1. The fourth-order valence-corrected chi connectivity index (χ4v) is 2.99. The van der Waals surface area contributed by atoms with Crippen molar-refractivity contribution in [3.05, 3.63) is 0 Å². The predicted octanol–water partition coefficient (Wildman–Crippen LogP) is 3.86. The summed E-state index contributed by atoms with van der Waals surface area (Å²) < 4.78 is 0. The van der Waals surface area contributed by atoms with E-state index in [2.05, 4.69) is 0 Å². The van der Waals surface area contributed by atoms with Crippen molar-refractivity contribution in [2.45, 2.75) is 76.7 Å². The highest BCUT2D eigenvalue weighted by molar-refractivity contribution is 4.79. The molecular weight excluding hydrogens is 182 g/mol. The first-order valence-corrected chi connectivity index (χ1v) is 7.12. The monoisotopic (exact) mass is 209 g/mol. The summed E-state index contributed by atoms with van der Waals surface area (Å²) in [5.41, 5.74) is 6.34. The van der Waals surface area contributed by atoms with Crippen LogP contribution in [0.1, 0.15) is 70.6 Å². The van der Waals surface area contributed by atoms with Crippen LogP contribution < -0.4 is 5.73 Å². The SMILES string of the molecule is NC(CCC1CC1)C1CCCCCCC1. The lowest BCUT2D eigenvalue weighted by Gasteiger charge is -2.25. The molecule has 1 nitrogen and oxygen atoms in total. The van der Waals surface area contributed by atoms with E-state index in [1.807, 2.05) is 0 Å². The van der Waals surface area contributed by atoms with Crippen LogP contribution in [0.4, 0.5) is 0 Å². The fourth-order valence-electron chi connectivity index (χ4n) is 2.99. The van der Waals surface area contributed by atoms with Crippen LogP contribution in [0.25, 0.3) is 0 Å². The van der Waals surface area contributed by atoms with Gasteiger partial charge in [-0.1, -0.05) is 44.9 Å². The molecule has 0 heterocycles. The van der Waals surface area contributed by atoms with E-state index in [4.69, 9.17) is 5.73 Å². The zero-order chi connectivity index (χ0) is 10.5. The molecule has 0 aromatic rings. The van der Waals surface area contributed by atoms with E-state index in [-0.39, 0.29) is 0 Å². The average Bonchev–Trinajstić information content (AvgIpc) is 2.97. The third-order valence-electron chi connectivity index (χ3n) is 4.36. The molecule has 0 radical (unpaired) electrons. The molecule has 0 bridgehead atoms. The summed E-state index contributed by atoms with van der Waals surface area (Å²) in [5, 5.41) is 0. The van der Waals surface area contributed by atoms with Gasteiger partial charge in [0, 0.05) is 6.04 Å². The van der Waals surface area contributed by atoms with Crippen molar-refractivity contribution in [2.75, 3.05) is 0 Å². The van der Waals surface area contributed by atoms with Crippen LogP contribution in [0.3, 0.4) is 0 Å². The van der Waals surface area contributed by atoms with Crippen molar-refractivity contribution in [3.63, 3.8) is 0 Å². The molecule has 0 aliphatic heterocycles. The Morgan fingerprint density at radius 2 is 1.47 bits per heavy atom. The van der Waals surface area contributed by atoms with E-state index in [1.54, 1.807) is 0 Å². The van der Waals surface area contributed by atoms with E-state index in [0.717, 1.165) is 11.8 Å². The smallest absolute Gasteiger partial charge is 0.00672 e. The maximum atomic E-state index is 6.34. The minimum Gasteiger partial charge on any atom is -0.327 e. The second-order valence-corrected chi connectivity index (χ2v) is 5.79. The van der Waals surface area contributed by atoms with Gasteiger partial charge < -0.3 is 5.73 Å². The molecule has 2 N–H and O–H groups in total. The standard InChI is InChI=1S/C14H27N/c15-14(11-10-12-8-9-12)13-6-4-2-1-3-5-7-13/h12-14H,1-11,15H2. The van der Waals surface area contributed by atoms with Crippen LogP contribution in [-0.4, -0.2) is 6.04 Å². The summed E-state index contributed by atoms with van der Waals surface area (Å²) in [4.78, 5) is 0. The summed E-state index contributed by atoms with van der Waals surface area (Å²) in [6, 6.07) is 0.517. The molecule has 1 heteroatoms. The highest BCUT2D eigenvalue weighted by Gasteiger charge is 2.24. The molecule has 0 aromatic carbocycles. The second-order valence-electron chi connectivity index (χ2n) is 5.79. The molecule has 1 atom stereocenters. The van der Waals surface area contributed by atoms with Crippen LogP contribution >= 0.6 is 0 Å². The van der Waals surface area contributed by atoms with Gasteiger partial charge in [-0.05, 0) is 37.5 Å². The van der Waals surface area contributed by atoms with Gasteiger partial charge in [0.25, 0.3) is 0 Å². The molecule has 2 aliphatic rings. The molecule has 2 aliphatic carbocycles. The van der Waals surface area contributed by atoms with Gasteiger partial charge in [-0.15, -0.1) is 0 Å². The van der Waals surface area contributed by atoms with Gasteiger partial charge in [0.1, 0.15) is 0 Å². The van der Waals surface area contributed by atoms with Crippen LogP contribution in [0.5, 0.6) is 0 Å². The molecule has 0 saturated heterocycles. The number of hydrogen-bond donors (Lipinski definition) is 1. The van der Waals surface area contributed by atoms with Crippen LogP contribution in [0, 0.1) is 11.8 Å². The van der Waals surface area contributed by atoms with E-state index in [1.165, 1.54) is 70.6 Å². The molecule has 88 valence electrons. The van der Waals surface area contributed by atoms with Crippen molar-refractivity contribution in [3.8, 4) is 0 Å². The maximum Gasteiger partial charge on any atom is 0.00672 e. The molecule has 0 aromatic heterocycles. The third kappa shape index (κ3) is 4.14. The first-order chi connectivity index (χ1) is 7.36. The Kier molecular flexibility index (Phi) is 4.49. The summed E-state index contributed by atoms with van der Waals surface area (Å²) in [6.07, 6.45) is 15.7. The van der Waals surface area contributed by atoms with Gasteiger partial charge in [0.15, 0.2) is 0 Å². The minimum absolute atomic E-state index is 0.517. The summed E-state index contributed by atoms with van der Waals surface area (Å²) >= 11 is 0. The molecule has 2 fully saturated rings. The highest BCUT2D eigenvalue weighted by Crippen LogP contribution is 2.35. The van der Waals surface area contributed by atoms with E-state index < -0.39 is 0 Å². The van der Waals surface area contributed by atoms with Gasteiger partial charge in [-0.3, -0.25) is 0 Å². The molecule has 2 saturated carbocycles. The van der Waals surface area contributed by atoms with Crippen molar-refractivity contribution >= 4 is 0 Å². The lowest BCUT2D eigenvalue weighted by Crippen LogP contribution is -2.30.